The average molecular weight is 208 g/mol. The maximum atomic E-state index is 9.17. The number of benzene rings is 1. The lowest BCUT2D eigenvalue weighted by Crippen LogP contribution is -2.19. The molecule has 0 bridgehead atoms. The molecule has 0 saturated heterocycles. The summed E-state index contributed by atoms with van der Waals surface area (Å²) in [5, 5.41) is 9.17. The summed E-state index contributed by atoms with van der Waals surface area (Å²) >= 11 is 0. The van der Waals surface area contributed by atoms with Crippen molar-refractivity contribution in [2.75, 3.05) is 13.2 Å². The zero-order valence-electron chi connectivity index (χ0n) is 9.79. The molecule has 2 heteroatoms. The Balaban J connectivity index is 2.64. The van der Waals surface area contributed by atoms with Crippen LogP contribution >= 0.6 is 0 Å². The van der Waals surface area contributed by atoms with Gasteiger partial charge in [0.25, 0.3) is 0 Å². The number of aliphatic hydroxyl groups is 1. The van der Waals surface area contributed by atoms with Gasteiger partial charge < -0.3 is 9.84 Å². The highest BCUT2D eigenvalue weighted by Crippen LogP contribution is 2.22. The van der Waals surface area contributed by atoms with Crippen molar-refractivity contribution in [3.63, 3.8) is 0 Å². The van der Waals surface area contributed by atoms with Gasteiger partial charge in [-0.05, 0) is 36.5 Å². The molecular formula is C13H20O2. The summed E-state index contributed by atoms with van der Waals surface area (Å²) in [7, 11) is 0. The second-order valence-electron chi connectivity index (χ2n) is 4.58. The van der Waals surface area contributed by atoms with E-state index in [1.54, 1.807) is 0 Å². The number of ether oxygens (including phenoxy) is 1. The van der Waals surface area contributed by atoms with Gasteiger partial charge >= 0.3 is 0 Å². The highest BCUT2D eigenvalue weighted by molar-refractivity contribution is 5.27. The van der Waals surface area contributed by atoms with Gasteiger partial charge in [0, 0.05) is 6.61 Å². The molecule has 0 aliphatic rings. The van der Waals surface area contributed by atoms with Crippen LogP contribution in [0.15, 0.2) is 24.3 Å². The topological polar surface area (TPSA) is 29.5 Å². The Bertz CT molecular complexity index is 288. The molecule has 0 aliphatic carbocycles. The Morgan fingerprint density at radius 1 is 1.20 bits per heavy atom. The fourth-order valence-electron chi connectivity index (χ4n) is 1.48. The molecule has 15 heavy (non-hydrogen) atoms. The molecule has 2 nitrogen and oxygen atoms in total. The Labute approximate surface area is 91.9 Å². The van der Waals surface area contributed by atoms with Gasteiger partial charge in [0.1, 0.15) is 5.75 Å². The molecule has 0 heterocycles. The molecule has 84 valence electrons. The molecule has 0 spiro atoms. The summed E-state index contributed by atoms with van der Waals surface area (Å²) in [6.45, 7) is 7.00. The van der Waals surface area contributed by atoms with E-state index in [0.717, 1.165) is 12.2 Å². The van der Waals surface area contributed by atoms with Crippen molar-refractivity contribution in [3.05, 3.63) is 29.8 Å². The van der Waals surface area contributed by atoms with Crippen molar-refractivity contribution in [1.82, 2.24) is 0 Å². The minimum absolute atomic E-state index is 0.0485. The van der Waals surface area contributed by atoms with Crippen molar-refractivity contribution in [1.29, 1.82) is 0 Å². The number of aliphatic hydroxyl groups excluding tert-OH is 1. The van der Waals surface area contributed by atoms with Crippen molar-refractivity contribution in [2.45, 2.75) is 27.2 Å². The highest BCUT2D eigenvalue weighted by Gasteiger charge is 2.16. The van der Waals surface area contributed by atoms with Gasteiger partial charge in [-0.3, -0.25) is 0 Å². The third kappa shape index (κ3) is 3.92. The number of hydrogen-bond donors (Lipinski definition) is 1. The summed E-state index contributed by atoms with van der Waals surface area (Å²) in [5.74, 6) is 0.906. The van der Waals surface area contributed by atoms with Crippen molar-refractivity contribution >= 4 is 0 Å². The van der Waals surface area contributed by atoms with E-state index in [1.807, 2.05) is 19.1 Å². The van der Waals surface area contributed by atoms with Crippen LogP contribution in [0.5, 0.6) is 5.75 Å². The lowest BCUT2D eigenvalue weighted by molar-refractivity contribution is 0.159. The first kappa shape index (κ1) is 12.1. The molecule has 1 rings (SSSR count). The van der Waals surface area contributed by atoms with Crippen LogP contribution in [0.3, 0.4) is 0 Å². The van der Waals surface area contributed by atoms with Crippen LogP contribution in [0.1, 0.15) is 26.3 Å². The van der Waals surface area contributed by atoms with Gasteiger partial charge in [-0.15, -0.1) is 0 Å². The van der Waals surface area contributed by atoms with Gasteiger partial charge in [0.2, 0.25) is 0 Å². The molecule has 0 amide bonds. The van der Waals surface area contributed by atoms with Gasteiger partial charge in [-0.2, -0.15) is 0 Å². The molecule has 0 atom stereocenters. The molecule has 1 aromatic rings. The van der Waals surface area contributed by atoms with Crippen LogP contribution in [0.25, 0.3) is 0 Å². The Morgan fingerprint density at radius 3 is 2.27 bits per heavy atom. The first-order chi connectivity index (χ1) is 7.07. The first-order valence-corrected chi connectivity index (χ1v) is 5.40. The molecule has 0 unspecified atom stereocenters. The van der Waals surface area contributed by atoms with Crippen molar-refractivity contribution < 1.29 is 9.84 Å². The van der Waals surface area contributed by atoms with E-state index < -0.39 is 0 Å². The zero-order chi connectivity index (χ0) is 11.3. The maximum absolute atomic E-state index is 9.17. The third-order valence-corrected chi connectivity index (χ3v) is 2.35. The smallest absolute Gasteiger partial charge is 0.119 e. The fraction of sp³-hybridized carbons (Fsp3) is 0.538. The fourth-order valence-corrected chi connectivity index (χ4v) is 1.48. The van der Waals surface area contributed by atoms with E-state index in [-0.39, 0.29) is 12.0 Å². The molecular weight excluding hydrogens is 188 g/mol. The summed E-state index contributed by atoms with van der Waals surface area (Å²) in [5.41, 5.74) is 1.19. The Morgan fingerprint density at radius 2 is 1.80 bits per heavy atom. The molecule has 1 N–H and O–H groups in total. The molecule has 0 saturated carbocycles. The van der Waals surface area contributed by atoms with Crippen LogP contribution in [0, 0.1) is 5.41 Å². The normalized spacial score (nSPS) is 11.5. The third-order valence-electron chi connectivity index (χ3n) is 2.35. The van der Waals surface area contributed by atoms with Gasteiger partial charge in [-0.25, -0.2) is 0 Å². The van der Waals surface area contributed by atoms with Gasteiger partial charge in [0.05, 0.1) is 6.61 Å². The average Bonchev–Trinajstić information content (AvgIpc) is 2.21. The minimum Gasteiger partial charge on any atom is -0.494 e. The largest absolute Gasteiger partial charge is 0.494 e. The predicted octanol–water partition coefficient (Wildman–Crippen LogP) is 2.65. The van der Waals surface area contributed by atoms with Crippen molar-refractivity contribution in [2.24, 2.45) is 5.41 Å². The lowest BCUT2D eigenvalue weighted by Gasteiger charge is -2.21. The standard InChI is InChI=1S/C13H20O2/c1-4-15-12-7-5-11(6-8-12)9-13(2,3)10-14/h5-8,14H,4,9-10H2,1-3H3. The van der Waals surface area contributed by atoms with E-state index in [2.05, 4.69) is 26.0 Å². The first-order valence-electron chi connectivity index (χ1n) is 5.40. The predicted molar refractivity (Wildman–Crippen MR) is 62.2 cm³/mol. The van der Waals surface area contributed by atoms with Crippen LogP contribution in [-0.4, -0.2) is 18.3 Å². The van der Waals surface area contributed by atoms with Crippen molar-refractivity contribution in [3.8, 4) is 5.75 Å². The molecule has 0 radical (unpaired) electrons. The zero-order valence-corrected chi connectivity index (χ0v) is 9.79. The summed E-state index contributed by atoms with van der Waals surface area (Å²) < 4.78 is 5.37. The second-order valence-corrected chi connectivity index (χ2v) is 4.58. The Kier molecular flexibility index (Phi) is 4.15. The molecule has 1 aromatic carbocycles. The van der Waals surface area contributed by atoms with Crippen LogP contribution in [-0.2, 0) is 6.42 Å². The second kappa shape index (κ2) is 5.17. The SMILES string of the molecule is CCOc1ccc(CC(C)(C)CO)cc1. The van der Waals surface area contributed by atoms with E-state index in [4.69, 9.17) is 9.84 Å². The number of rotatable bonds is 5. The Hall–Kier alpha value is -1.02. The van der Waals surface area contributed by atoms with E-state index in [9.17, 15) is 0 Å². The van der Waals surface area contributed by atoms with E-state index >= 15 is 0 Å². The summed E-state index contributed by atoms with van der Waals surface area (Å²) in [6, 6.07) is 8.07. The van der Waals surface area contributed by atoms with Crippen LogP contribution in [0.2, 0.25) is 0 Å². The quantitative estimate of drug-likeness (QED) is 0.806. The van der Waals surface area contributed by atoms with E-state index in [1.165, 1.54) is 5.56 Å². The summed E-state index contributed by atoms with van der Waals surface area (Å²) in [6.07, 6.45) is 0.885. The van der Waals surface area contributed by atoms with Crippen LogP contribution in [0.4, 0.5) is 0 Å². The molecule has 0 aliphatic heterocycles. The lowest BCUT2D eigenvalue weighted by atomic mass is 9.87. The molecule has 0 fully saturated rings. The monoisotopic (exact) mass is 208 g/mol. The maximum Gasteiger partial charge on any atom is 0.119 e. The highest BCUT2D eigenvalue weighted by atomic mass is 16.5. The number of hydrogen-bond acceptors (Lipinski definition) is 2. The summed E-state index contributed by atoms with van der Waals surface area (Å²) in [4.78, 5) is 0. The van der Waals surface area contributed by atoms with E-state index in [0.29, 0.717) is 6.61 Å². The van der Waals surface area contributed by atoms with Gasteiger partial charge in [-0.1, -0.05) is 26.0 Å². The van der Waals surface area contributed by atoms with Crippen LogP contribution < -0.4 is 4.74 Å². The molecule has 0 aromatic heterocycles. The van der Waals surface area contributed by atoms with Gasteiger partial charge in [0.15, 0.2) is 0 Å². The minimum atomic E-state index is -0.0485.